The van der Waals surface area contributed by atoms with Crippen molar-refractivity contribution >= 4 is 34.9 Å². The monoisotopic (exact) mass is 461 g/mol. The molecule has 166 valence electrons. The Balaban J connectivity index is 1.68. The number of furan rings is 1. The van der Waals surface area contributed by atoms with Gasteiger partial charge in [0.25, 0.3) is 0 Å². The third-order valence-corrected chi connectivity index (χ3v) is 6.64. The molecule has 0 bridgehead atoms. The highest BCUT2D eigenvalue weighted by atomic mass is 35.5. The van der Waals surface area contributed by atoms with Crippen LogP contribution in [0, 0.1) is 0 Å². The van der Waals surface area contributed by atoms with E-state index in [0.717, 1.165) is 5.56 Å². The normalized spacial score (nSPS) is 20.7. The van der Waals surface area contributed by atoms with E-state index < -0.39 is 11.9 Å². The summed E-state index contributed by atoms with van der Waals surface area (Å²) >= 11 is 6.44. The average Bonchev–Trinajstić information content (AvgIpc) is 3.34. The number of carbonyl (C=O) groups excluding carboxylic acids is 2. The van der Waals surface area contributed by atoms with Gasteiger partial charge in [0.05, 0.1) is 28.5 Å². The molecule has 1 N–H and O–H groups in total. The van der Waals surface area contributed by atoms with Gasteiger partial charge in [0, 0.05) is 24.1 Å². The van der Waals surface area contributed by atoms with Crippen molar-refractivity contribution in [1.82, 2.24) is 0 Å². The number of nitrogens with zero attached hydrogens (tertiary/aromatic N) is 1. The van der Waals surface area contributed by atoms with Gasteiger partial charge in [-0.15, -0.1) is 0 Å². The van der Waals surface area contributed by atoms with Gasteiger partial charge in [0.1, 0.15) is 5.76 Å². The molecule has 33 heavy (non-hydrogen) atoms. The fourth-order valence-electron chi connectivity index (χ4n) is 4.83. The molecule has 0 fully saturated rings. The van der Waals surface area contributed by atoms with Crippen LogP contribution in [0.5, 0.6) is 0 Å². The quantitative estimate of drug-likeness (QED) is 0.550. The molecular formula is C26H20ClNO5. The van der Waals surface area contributed by atoms with E-state index in [1.54, 1.807) is 12.1 Å². The molecule has 2 heterocycles. The Morgan fingerprint density at radius 3 is 2.48 bits per heavy atom. The van der Waals surface area contributed by atoms with Gasteiger partial charge in [-0.1, -0.05) is 41.9 Å². The SMILES string of the molecule is O=C1CC(c2ccccc2)CC2=C1C(c1ccco1)CC(=O)N2c1cc(C(=O)O)ccc1Cl. The van der Waals surface area contributed by atoms with Crippen LogP contribution in [0.3, 0.4) is 0 Å². The summed E-state index contributed by atoms with van der Waals surface area (Å²) in [4.78, 5) is 40.0. The molecule has 3 aromatic rings. The Kier molecular flexibility index (Phi) is 5.38. The van der Waals surface area contributed by atoms with Crippen LogP contribution in [-0.2, 0) is 9.59 Å². The largest absolute Gasteiger partial charge is 0.478 e. The fraction of sp³-hybridized carbons (Fsp3) is 0.192. The van der Waals surface area contributed by atoms with Crippen LogP contribution in [0.15, 0.2) is 82.6 Å². The summed E-state index contributed by atoms with van der Waals surface area (Å²) in [7, 11) is 0. The van der Waals surface area contributed by atoms with E-state index in [1.807, 2.05) is 30.3 Å². The predicted octanol–water partition coefficient (Wildman–Crippen LogP) is 5.55. The first kappa shape index (κ1) is 21.2. The number of ketones is 1. The molecule has 7 heteroatoms. The number of Topliss-reactive ketones (excluding diaryl/α,β-unsaturated/α-hetero) is 1. The topological polar surface area (TPSA) is 87.8 Å². The maximum Gasteiger partial charge on any atom is 0.335 e. The van der Waals surface area contributed by atoms with Gasteiger partial charge in [-0.05, 0) is 48.2 Å². The predicted molar refractivity (Wildman–Crippen MR) is 122 cm³/mol. The lowest BCUT2D eigenvalue weighted by molar-refractivity contribution is -0.120. The van der Waals surface area contributed by atoms with Gasteiger partial charge in [-0.3, -0.25) is 14.5 Å². The summed E-state index contributed by atoms with van der Waals surface area (Å²) < 4.78 is 5.58. The molecule has 1 aliphatic heterocycles. The molecule has 6 nitrogen and oxygen atoms in total. The van der Waals surface area contributed by atoms with Crippen molar-refractivity contribution in [2.24, 2.45) is 0 Å². The highest BCUT2D eigenvalue weighted by molar-refractivity contribution is 6.34. The number of carbonyl (C=O) groups is 3. The third kappa shape index (κ3) is 3.76. The second kappa shape index (κ2) is 8.37. The van der Waals surface area contributed by atoms with Gasteiger partial charge < -0.3 is 9.52 Å². The Labute approximate surface area is 195 Å². The number of anilines is 1. The standard InChI is InChI=1S/C26H20ClNO5/c27-19-9-8-16(26(31)32)11-20(19)28-21-12-17(15-5-2-1-3-6-15)13-22(29)25(21)18(14-24(28)30)23-7-4-10-33-23/h1-11,17-18H,12-14H2,(H,31,32). The molecule has 2 aromatic carbocycles. The Morgan fingerprint density at radius 1 is 1.00 bits per heavy atom. The van der Waals surface area contributed by atoms with Gasteiger partial charge >= 0.3 is 5.97 Å². The summed E-state index contributed by atoms with van der Waals surface area (Å²) in [6, 6.07) is 17.5. The van der Waals surface area contributed by atoms with Crippen molar-refractivity contribution < 1.29 is 23.9 Å². The zero-order valence-corrected chi connectivity index (χ0v) is 18.3. The van der Waals surface area contributed by atoms with E-state index in [4.69, 9.17) is 16.0 Å². The number of carboxylic acids is 1. The fourth-order valence-corrected chi connectivity index (χ4v) is 5.03. The second-order valence-corrected chi connectivity index (χ2v) is 8.68. The molecule has 2 unspecified atom stereocenters. The van der Waals surface area contributed by atoms with Crippen LogP contribution in [0.4, 0.5) is 5.69 Å². The first-order valence-corrected chi connectivity index (χ1v) is 11.0. The molecule has 0 radical (unpaired) electrons. The molecule has 1 aromatic heterocycles. The van der Waals surface area contributed by atoms with Crippen molar-refractivity contribution in [3.63, 3.8) is 0 Å². The molecule has 0 saturated heterocycles. The van der Waals surface area contributed by atoms with Crippen LogP contribution < -0.4 is 4.90 Å². The van der Waals surface area contributed by atoms with Gasteiger partial charge in [0.2, 0.25) is 5.91 Å². The minimum atomic E-state index is -1.12. The van der Waals surface area contributed by atoms with E-state index in [2.05, 4.69) is 0 Å². The van der Waals surface area contributed by atoms with Crippen molar-refractivity contribution in [3.8, 4) is 0 Å². The van der Waals surface area contributed by atoms with Crippen LogP contribution in [0.2, 0.25) is 5.02 Å². The van der Waals surface area contributed by atoms with Crippen molar-refractivity contribution in [2.75, 3.05) is 4.90 Å². The molecule has 0 spiro atoms. The lowest BCUT2D eigenvalue weighted by Crippen LogP contribution is -2.42. The lowest BCUT2D eigenvalue weighted by Gasteiger charge is -2.40. The summed E-state index contributed by atoms with van der Waals surface area (Å²) in [5.74, 6) is -1.46. The first-order chi connectivity index (χ1) is 15.9. The number of carboxylic acid groups (broad SMARTS) is 1. The lowest BCUT2D eigenvalue weighted by atomic mass is 9.74. The highest BCUT2D eigenvalue weighted by Gasteiger charge is 2.43. The molecule has 1 aliphatic carbocycles. The average molecular weight is 462 g/mol. The summed E-state index contributed by atoms with van der Waals surface area (Å²) in [6.07, 6.45) is 2.33. The Hall–Kier alpha value is -3.64. The van der Waals surface area contributed by atoms with Gasteiger partial charge in [-0.25, -0.2) is 4.79 Å². The van der Waals surface area contributed by atoms with E-state index >= 15 is 0 Å². The van der Waals surface area contributed by atoms with Crippen LogP contribution in [0.25, 0.3) is 0 Å². The van der Waals surface area contributed by atoms with E-state index in [1.165, 1.54) is 29.4 Å². The zero-order valence-electron chi connectivity index (χ0n) is 17.5. The highest BCUT2D eigenvalue weighted by Crippen LogP contribution is 2.48. The number of hydrogen-bond donors (Lipinski definition) is 1. The van der Waals surface area contributed by atoms with E-state index in [0.29, 0.717) is 29.9 Å². The number of allylic oxidation sites excluding steroid dienone is 2. The smallest absolute Gasteiger partial charge is 0.335 e. The zero-order chi connectivity index (χ0) is 23.1. The van der Waals surface area contributed by atoms with Crippen LogP contribution >= 0.6 is 11.6 Å². The second-order valence-electron chi connectivity index (χ2n) is 8.27. The third-order valence-electron chi connectivity index (χ3n) is 6.32. The number of aromatic carboxylic acids is 1. The molecule has 2 aliphatic rings. The molecule has 1 amide bonds. The van der Waals surface area contributed by atoms with Crippen LogP contribution in [-0.4, -0.2) is 22.8 Å². The molecule has 0 saturated carbocycles. The minimum absolute atomic E-state index is 0.0132. The molecule has 5 rings (SSSR count). The number of hydrogen-bond acceptors (Lipinski definition) is 4. The molecule has 2 atom stereocenters. The Bertz CT molecular complexity index is 1280. The van der Waals surface area contributed by atoms with E-state index in [9.17, 15) is 19.5 Å². The Morgan fingerprint density at radius 2 is 1.79 bits per heavy atom. The van der Waals surface area contributed by atoms with E-state index in [-0.39, 0.29) is 40.3 Å². The number of rotatable bonds is 4. The van der Waals surface area contributed by atoms with Gasteiger partial charge in [-0.2, -0.15) is 0 Å². The van der Waals surface area contributed by atoms with Crippen molar-refractivity contribution in [3.05, 3.63) is 100 Å². The maximum atomic E-state index is 13.5. The summed E-state index contributed by atoms with van der Waals surface area (Å²) in [5.41, 5.74) is 2.39. The summed E-state index contributed by atoms with van der Waals surface area (Å²) in [6.45, 7) is 0. The number of halogens is 1. The van der Waals surface area contributed by atoms with Gasteiger partial charge in [0.15, 0.2) is 5.78 Å². The molecular weight excluding hydrogens is 442 g/mol. The maximum absolute atomic E-state index is 13.5. The van der Waals surface area contributed by atoms with Crippen LogP contribution in [0.1, 0.15) is 52.8 Å². The van der Waals surface area contributed by atoms with Crippen molar-refractivity contribution in [2.45, 2.75) is 31.1 Å². The first-order valence-electron chi connectivity index (χ1n) is 10.6. The minimum Gasteiger partial charge on any atom is -0.478 e. The number of benzene rings is 2. The van der Waals surface area contributed by atoms with Crippen molar-refractivity contribution in [1.29, 1.82) is 0 Å². The summed E-state index contributed by atoms with van der Waals surface area (Å²) in [5, 5.41) is 9.71. The number of amides is 1.